The summed E-state index contributed by atoms with van der Waals surface area (Å²) in [4.78, 5) is 0. The molecule has 1 unspecified atom stereocenters. The quantitative estimate of drug-likeness (QED) is 0.660. The first-order chi connectivity index (χ1) is 9.70. The van der Waals surface area contributed by atoms with E-state index in [4.69, 9.17) is 0 Å². The summed E-state index contributed by atoms with van der Waals surface area (Å²) in [5.41, 5.74) is 8.54. The molecule has 100 valence electrons. The molecule has 3 rings (SSSR count). The third kappa shape index (κ3) is 2.02. The Morgan fingerprint density at radius 3 is 1.80 bits per heavy atom. The smallest absolute Gasteiger partial charge is 0.0267 e. The molecule has 0 saturated heterocycles. The van der Waals surface area contributed by atoms with Crippen molar-refractivity contribution in [1.29, 1.82) is 0 Å². The van der Waals surface area contributed by atoms with Gasteiger partial charge in [0.2, 0.25) is 0 Å². The van der Waals surface area contributed by atoms with Crippen LogP contribution in [-0.4, -0.2) is 0 Å². The van der Waals surface area contributed by atoms with Crippen molar-refractivity contribution < 1.29 is 0 Å². The molecule has 0 nitrogen and oxygen atoms in total. The van der Waals surface area contributed by atoms with Gasteiger partial charge in [-0.05, 0) is 43.0 Å². The van der Waals surface area contributed by atoms with Crippen molar-refractivity contribution in [3.8, 4) is 0 Å². The second-order valence-corrected chi connectivity index (χ2v) is 5.58. The summed E-state index contributed by atoms with van der Waals surface area (Å²) in [5, 5.41) is 0. The molecule has 0 spiro atoms. The predicted molar refractivity (Wildman–Crippen MR) is 86.6 cm³/mol. The second kappa shape index (κ2) is 5.13. The van der Waals surface area contributed by atoms with E-state index in [-0.39, 0.29) is 0 Å². The molecule has 0 fully saturated rings. The molecule has 2 aromatic carbocycles. The topological polar surface area (TPSA) is 0 Å². The fraction of sp³-hybridized carbons (Fsp3) is 0.200. The summed E-state index contributed by atoms with van der Waals surface area (Å²) in [6, 6.07) is 21.6. The summed E-state index contributed by atoms with van der Waals surface area (Å²) >= 11 is 0. The Bertz CT molecular complexity index is 672. The van der Waals surface area contributed by atoms with Gasteiger partial charge in [-0.15, -0.1) is 0 Å². The van der Waals surface area contributed by atoms with Gasteiger partial charge in [0, 0.05) is 5.92 Å². The fourth-order valence-corrected chi connectivity index (χ4v) is 3.37. The monoisotopic (exact) mass is 260 g/mol. The van der Waals surface area contributed by atoms with Crippen LogP contribution in [0.5, 0.6) is 0 Å². The molecule has 0 heterocycles. The maximum absolute atomic E-state index is 2.28. The van der Waals surface area contributed by atoms with Gasteiger partial charge in [-0.3, -0.25) is 0 Å². The average Bonchev–Trinajstić information content (AvgIpc) is 2.71. The zero-order chi connectivity index (χ0) is 14.1. The minimum atomic E-state index is 0.436. The van der Waals surface area contributed by atoms with Gasteiger partial charge < -0.3 is 0 Å². The van der Waals surface area contributed by atoms with Gasteiger partial charge in [-0.1, -0.05) is 71.8 Å². The van der Waals surface area contributed by atoms with Crippen LogP contribution >= 0.6 is 0 Å². The van der Waals surface area contributed by atoms with Crippen molar-refractivity contribution in [3.63, 3.8) is 0 Å². The highest BCUT2D eigenvalue weighted by Crippen LogP contribution is 2.46. The summed E-state index contributed by atoms with van der Waals surface area (Å²) in [6.45, 7) is 6.80. The first-order valence-corrected chi connectivity index (χ1v) is 7.19. The lowest BCUT2D eigenvalue weighted by Gasteiger charge is -2.15. The molecule has 0 aromatic heterocycles. The molecule has 0 N–H and O–H groups in total. The van der Waals surface area contributed by atoms with Gasteiger partial charge in [-0.2, -0.15) is 0 Å². The van der Waals surface area contributed by atoms with Gasteiger partial charge in [0.15, 0.2) is 0 Å². The van der Waals surface area contributed by atoms with E-state index in [0.29, 0.717) is 5.92 Å². The molecule has 1 aliphatic rings. The number of hydrogen-bond donors (Lipinski definition) is 0. The third-order valence-electron chi connectivity index (χ3n) is 4.42. The number of benzene rings is 2. The summed E-state index contributed by atoms with van der Waals surface area (Å²) in [7, 11) is 0. The lowest BCUT2D eigenvalue weighted by atomic mass is 9.89. The number of hydrogen-bond acceptors (Lipinski definition) is 0. The first-order valence-electron chi connectivity index (χ1n) is 7.19. The molecular weight excluding hydrogens is 240 g/mol. The number of rotatable bonds is 2. The Labute approximate surface area is 121 Å². The van der Waals surface area contributed by atoms with Crippen molar-refractivity contribution >= 4 is 5.57 Å². The first kappa shape index (κ1) is 12.9. The summed E-state index contributed by atoms with van der Waals surface area (Å²) < 4.78 is 0. The van der Waals surface area contributed by atoms with Gasteiger partial charge in [-0.25, -0.2) is 0 Å². The normalized spacial score (nSPS) is 18.9. The highest BCUT2D eigenvalue weighted by Gasteiger charge is 2.28. The zero-order valence-electron chi connectivity index (χ0n) is 12.4. The van der Waals surface area contributed by atoms with Crippen molar-refractivity contribution in [1.82, 2.24) is 0 Å². The van der Waals surface area contributed by atoms with E-state index in [2.05, 4.69) is 81.4 Å². The highest BCUT2D eigenvalue weighted by molar-refractivity contribution is 5.86. The summed E-state index contributed by atoms with van der Waals surface area (Å²) in [5.74, 6) is 0.436. The van der Waals surface area contributed by atoms with Crippen molar-refractivity contribution in [3.05, 3.63) is 88.5 Å². The largest absolute Gasteiger partial charge is 0.0622 e. The van der Waals surface area contributed by atoms with Crippen molar-refractivity contribution in [2.24, 2.45) is 0 Å². The molecule has 2 aromatic rings. The van der Waals surface area contributed by atoms with Crippen LogP contribution in [-0.2, 0) is 0 Å². The maximum Gasteiger partial charge on any atom is 0.0267 e. The van der Waals surface area contributed by atoms with E-state index in [9.17, 15) is 0 Å². The molecule has 0 amide bonds. The van der Waals surface area contributed by atoms with Crippen molar-refractivity contribution in [2.75, 3.05) is 0 Å². The fourth-order valence-electron chi connectivity index (χ4n) is 3.37. The Morgan fingerprint density at radius 1 is 0.650 bits per heavy atom. The Morgan fingerprint density at radius 2 is 1.20 bits per heavy atom. The van der Waals surface area contributed by atoms with E-state index < -0.39 is 0 Å². The van der Waals surface area contributed by atoms with Crippen LogP contribution in [0.15, 0.2) is 77.4 Å². The molecule has 1 atom stereocenters. The van der Waals surface area contributed by atoms with Crippen LogP contribution in [0.3, 0.4) is 0 Å². The van der Waals surface area contributed by atoms with Crippen LogP contribution < -0.4 is 0 Å². The standard InChI is InChI=1S/C20H20/c1-14-15(2)20(18-12-8-5-9-13-18)16(3)19(14)17-10-6-4-7-11-17/h4-13,19H,1-3H3. The highest BCUT2D eigenvalue weighted by atomic mass is 14.3. The van der Waals surface area contributed by atoms with Gasteiger partial charge >= 0.3 is 0 Å². The van der Waals surface area contributed by atoms with Gasteiger partial charge in [0.05, 0.1) is 0 Å². The van der Waals surface area contributed by atoms with Gasteiger partial charge in [0.1, 0.15) is 0 Å². The van der Waals surface area contributed by atoms with Crippen LogP contribution in [0.1, 0.15) is 37.8 Å². The van der Waals surface area contributed by atoms with E-state index in [1.54, 1.807) is 0 Å². The molecule has 0 heteroatoms. The molecule has 1 aliphatic carbocycles. The second-order valence-electron chi connectivity index (χ2n) is 5.58. The zero-order valence-corrected chi connectivity index (χ0v) is 12.4. The Balaban J connectivity index is 2.14. The predicted octanol–water partition coefficient (Wildman–Crippen LogP) is 5.59. The molecule has 0 radical (unpaired) electrons. The molecular formula is C20H20. The lowest BCUT2D eigenvalue weighted by molar-refractivity contribution is 0.939. The number of allylic oxidation sites excluding steroid dienone is 4. The van der Waals surface area contributed by atoms with Crippen LogP contribution in [0, 0.1) is 0 Å². The van der Waals surface area contributed by atoms with Crippen molar-refractivity contribution in [2.45, 2.75) is 26.7 Å². The maximum atomic E-state index is 2.28. The minimum absolute atomic E-state index is 0.436. The average molecular weight is 260 g/mol. The molecule has 20 heavy (non-hydrogen) atoms. The Hall–Kier alpha value is -2.08. The van der Waals surface area contributed by atoms with Crippen LogP contribution in [0.4, 0.5) is 0 Å². The van der Waals surface area contributed by atoms with E-state index in [0.717, 1.165) is 0 Å². The molecule has 0 aliphatic heterocycles. The van der Waals surface area contributed by atoms with Crippen LogP contribution in [0.2, 0.25) is 0 Å². The molecule has 0 bridgehead atoms. The SMILES string of the molecule is CC1=C(C)C(c2ccccc2)C(C)=C1c1ccccc1. The summed E-state index contributed by atoms with van der Waals surface area (Å²) in [6.07, 6.45) is 0. The van der Waals surface area contributed by atoms with E-state index in [1.165, 1.54) is 33.4 Å². The lowest BCUT2D eigenvalue weighted by Crippen LogP contribution is -1.98. The van der Waals surface area contributed by atoms with E-state index >= 15 is 0 Å². The minimum Gasteiger partial charge on any atom is -0.0622 e. The van der Waals surface area contributed by atoms with E-state index in [1.807, 2.05) is 0 Å². The van der Waals surface area contributed by atoms with Gasteiger partial charge in [0.25, 0.3) is 0 Å². The third-order valence-corrected chi connectivity index (χ3v) is 4.42. The van der Waals surface area contributed by atoms with Crippen LogP contribution in [0.25, 0.3) is 5.57 Å². The Kier molecular flexibility index (Phi) is 3.31. The molecule has 0 saturated carbocycles.